The summed E-state index contributed by atoms with van der Waals surface area (Å²) in [5.74, 6) is 1.80. The minimum Gasteiger partial charge on any atom is -0.455 e. The maximum absolute atomic E-state index is 6.48. The van der Waals surface area contributed by atoms with Crippen molar-refractivity contribution in [3.8, 4) is 56.4 Å². The lowest BCUT2D eigenvalue weighted by molar-refractivity contribution is 0.669. The molecule has 0 saturated heterocycles. The minimum atomic E-state index is 0.573. The van der Waals surface area contributed by atoms with Crippen molar-refractivity contribution in [2.75, 3.05) is 0 Å². The molecule has 43 heavy (non-hydrogen) atoms. The summed E-state index contributed by atoms with van der Waals surface area (Å²) in [6.07, 6.45) is 0. The van der Waals surface area contributed by atoms with E-state index < -0.39 is 0 Å². The second-order valence-electron chi connectivity index (χ2n) is 10.5. The number of aromatic nitrogens is 3. The predicted molar refractivity (Wildman–Crippen MR) is 174 cm³/mol. The molecule has 0 bridgehead atoms. The molecule has 0 spiro atoms. The van der Waals surface area contributed by atoms with E-state index in [9.17, 15) is 0 Å². The summed E-state index contributed by atoms with van der Waals surface area (Å²) in [7, 11) is 0. The van der Waals surface area contributed by atoms with Crippen molar-refractivity contribution in [1.82, 2.24) is 15.0 Å². The van der Waals surface area contributed by atoms with Crippen molar-refractivity contribution < 1.29 is 4.42 Å². The Morgan fingerprint density at radius 1 is 0.349 bits per heavy atom. The van der Waals surface area contributed by atoms with Gasteiger partial charge in [-0.1, -0.05) is 133 Å². The summed E-state index contributed by atoms with van der Waals surface area (Å²) in [6, 6.07) is 51.7. The molecule has 2 aromatic heterocycles. The molecule has 0 saturated carbocycles. The molecular weight excluding hydrogens is 526 g/mol. The van der Waals surface area contributed by atoms with Crippen LogP contribution in [0.25, 0.3) is 78.4 Å². The second kappa shape index (κ2) is 10.5. The smallest absolute Gasteiger partial charge is 0.167 e. The number of rotatable bonds is 5. The Morgan fingerprint density at radius 3 is 1.49 bits per heavy atom. The lowest BCUT2D eigenvalue weighted by Gasteiger charge is -2.09. The number of hydrogen-bond acceptors (Lipinski definition) is 4. The Labute approximate surface area is 249 Å². The zero-order valence-corrected chi connectivity index (χ0v) is 23.2. The Balaban J connectivity index is 1.28. The average molecular weight is 552 g/mol. The van der Waals surface area contributed by atoms with Crippen molar-refractivity contribution in [2.24, 2.45) is 0 Å². The fourth-order valence-electron chi connectivity index (χ4n) is 5.57. The van der Waals surface area contributed by atoms with E-state index in [0.717, 1.165) is 49.8 Å². The number of furan rings is 1. The molecule has 0 amide bonds. The van der Waals surface area contributed by atoms with Crippen molar-refractivity contribution in [1.29, 1.82) is 0 Å². The van der Waals surface area contributed by atoms with Crippen molar-refractivity contribution in [3.63, 3.8) is 0 Å². The van der Waals surface area contributed by atoms with Gasteiger partial charge in [-0.3, -0.25) is 0 Å². The summed E-state index contributed by atoms with van der Waals surface area (Å²) >= 11 is 0. The van der Waals surface area contributed by atoms with Crippen LogP contribution in [0.3, 0.4) is 0 Å². The van der Waals surface area contributed by atoms with Gasteiger partial charge in [0.15, 0.2) is 17.5 Å². The average Bonchev–Trinajstić information content (AvgIpc) is 3.47. The van der Waals surface area contributed by atoms with Gasteiger partial charge in [0.1, 0.15) is 11.2 Å². The summed E-state index contributed by atoms with van der Waals surface area (Å²) in [4.78, 5) is 14.9. The van der Waals surface area contributed by atoms with Crippen LogP contribution in [0, 0.1) is 0 Å². The maximum Gasteiger partial charge on any atom is 0.167 e. The van der Waals surface area contributed by atoms with Crippen molar-refractivity contribution in [2.45, 2.75) is 0 Å². The van der Waals surface area contributed by atoms with Crippen molar-refractivity contribution in [3.05, 3.63) is 152 Å². The van der Waals surface area contributed by atoms with Crippen LogP contribution in [0.2, 0.25) is 0 Å². The highest BCUT2D eigenvalue weighted by Crippen LogP contribution is 2.37. The summed E-state index contributed by atoms with van der Waals surface area (Å²) < 4.78 is 6.48. The molecule has 0 unspecified atom stereocenters. The summed E-state index contributed by atoms with van der Waals surface area (Å²) in [5, 5.41) is 2.09. The van der Waals surface area contributed by atoms with E-state index in [-0.39, 0.29) is 0 Å². The van der Waals surface area contributed by atoms with Gasteiger partial charge in [-0.2, -0.15) is 0 Å². The normalized spacial score (nSPS) is 11.3. The van der Waals surface area contributed by atoms with Gasteiger partial charge in [0.25, 0.3) is 0 Å². The first-order valence-electron chi connectivity index (χ1n) is 14.3. The third-order valence-corrected chi connectivity index (χ3v) is 7.76. The van der Waals surface area contributed by atoms with Crippen LogP contribution in [0.5, 0.6) is 0 Å². The molecule has 0 N–H and O–H groups in total. The van der Waals surface area contributed by atoms with Gasteiger partial charge in [-0.25, -0.2) is 15.0 Å². The third kappa shape index (κ3) is 4.65. The largest absolute Gasteiger partial charge is 0.455 e. The van der Waals surface area contributed by atoms with Crippen LogP contribution in [0.1, 0.15) is 0 Å². The standard InChI is InChI=1S/C39H25N3O/c1-4-11-26(12-5-1)28-19-21-30(22-20-28)38-40-37(29-15-8-3-9-16-29)41-39(42-38)33-18-10-17-32-34-25-31(27-13-6-2-7-14-27)23-24-35(34)43-36(32)33/h1-25H. The van der Waals surface area contributed by atoms with Gasteiger partial charge in [0.2, 0.25) is 0 Å². The van der Waals surface area contributed by atoms with Crippen LogP contribution < -0.4 is 0 Å². The molecule has 8 aromatic rings. The van der Waals surface area contributed by atoms with Gasteiger partial charge < -0.3 is 4.42 Å². The predicted octanol–water partition coefficient (Wildman–Crippen LogP) is 10.1. The van der Waals surface area contributed by atoms with Crippen LogP contribution in [-0.2, 0) is 0 Å². The Hall–Kier alpha value is -5.87. The molecule has 0 radical (unpaired) electrons. The fourth-order valence-corrected chi connectivity index (χ4v) is 5.57. The van der Waals surface area contributed by atoms with Crippen LogP contribution in [0.4, 0.5) is 0 Å². The molecule has 8 rings (SSSR count). The molecule has 0 aliphatic rings. The van der Waals surface area contributed by atoms with E-state index in [2.05, 4.69) is 91.0 Å². The molecule has 0 aliphatic heterocycles. The fraction of sp³-hybridized carbons (Fsp3) is 0. The SMILES string of the molecule is c1ccc(-c2ccc(-c3nc(-c4ccccc4)nc(-c4cccc5c4oc4ccc(-c6ccccc6)cc45)n3)cc2)cc1. The maximum atomic E-state index is 6.48. The molecule has 4 nitrogen and oxygen atoms in total. The molecule has 0 atom stereocenters. The molecular formula is C39H25N3O. The van der Waals surface area contributed by atoms with Gasteiger partial charge in [0, 0.05) is 21.9 Å². The van der Waals surface area contributed by atoms with Crippen LogP contribution in [-0.4, -0.2) is 15.0 Å². The molecule has 0 aliphatic carbocycles. The lowest BCUT2D eigenvalue weighted by Crippen LogP contribution is -2.00. The molecule has 2 heterocycles. The van der Waals surface area contributed by atoms with E-state index in [1.165, 1.54) is 11.1 Å². The molecule has 0 fully saturated rings. The first-order valence-corrected chi connectivity index (χ1v) is 14.3. The topological polar surface area (TPSA) is 51.8 Å². The Kier molecular flexibility index (Phi) is 6.08. The van der Waals surface area contributed by atoms with Crippen LogP contribution in [0.15, 0.2) is 156 Å². The van der Waals surface area contributed by atoms with Crippen molar-refractivity contribution >= 4 is 21.9 Å². The number of benzene rings is 6. The van der Waals surface area contributed by atoms with E-state index in [1.807, 2.05) is 60.7 Å². The monoisotopic (exact) mass is 551 g/mol. The highest BCUT2D eigenvalue weighted by Gasteiger charge is 2.18. The van der Waals surface area contributed by atoms with Gasteiger partial charge >= 0.3 is 0 Å². The summed E-state index contributed by atoms with van der Waals surface area (Å²) in [6.45, 7) is 0. The molecule has 6 aromatic carbocycles. The van der Waals surface area contributed by atoms with Crippen LogP contribution >= 0.6 is 0 Å². The van der Waals surface area contributed by atoms with E-state index in [1.54, 1.807) is 0 Å². The first kappa shape index (κ1) is 24.9. The highest BCUT2D eigenvalue weighted by molar-refractivity contribution is 6.10. The number of nitrogens with zero attached hydrogens (tertiary/aromatic N) is 3. The quantitative estimate of drug-likeness (QED) is 0.214. The Bertz CT molecular complexity index is 2210. The second-order valence-corrected chi connectivity index (χ2v) is 10.5. The zero-order valence-electron chi connectivity index (χ0n) is 23.2. The van der Waals surface area contributed by atoms with E-state index >= 15 is 0 Å². The van der Waals surface area contributed by atoms with E-state index in [0.29, 0.717) is 17.5 Å². The summed E-state index contributed by atoms with van der Waals surface area (Å²) in [5.41, 5.74) is 8.90. The van der Waals surface area contributed by atoms with Gasteiger partial charge in [-0.15, -0.1) is 0 Å². The molecule has 4 heteroatoms. The minimum absolute atomic E-state index is 0.573. The molecule has 202 valence electrons. The first-order chi connectivity index (χ1) is 21.3. The highest BCUT2D eigenvalue weighted by atomic mass is 16.3. The third-order valence-electron chi connectivity index (χ3n) is 7.76. The number of fused-ring (bicyclic) bond motifs is 3. The van der Waals surface area contributed by atoms with Gasteiger partial charge in [0.05, 0.1) is 5.56 Å². The lowest BCUT2D eigenvalue weighted by atomic mass is 10.0. The Morgan fingerprint density at radius 2 is 0.837 bits per heavy atom. The number of para-hydroxylation sites is 1. The zero-order chi connectivity index (χ0) is 28.6. The van der Waals surface area contributed by atoms with Gasteiger partial charge in [-0.05, 0) is 40.5 Å². The van der Waals surface area contributed by atoms with E-state index in [4.69, 9.17) is 19.4 Å². The number of hydrogen-bond donors (Lipinski definition) is 0.